The van der Waals surface area contributed by atoms with E-state index in [1.807, 2.05) is 26.8 Å². The van der Waals surface area contributed by atoms with E-state index in [9.17, 15) is 4.79 Å². The van der Waals surface area contributed by atoms with Crippen molar-refractivity contribution in [3.63, 3.8) is 0 Å². The van der Waals surface area contributed by atoms with Gasteiger partial charge < -0.3 is 10.6 Å². The van der Waals surface area contributed by atoms with Crippen LogP contribution in [0.25, 0.3) is 0 Å². The average Bonchev–Trinajstić information content (AvgIpc) is 3.10. The number of allylic oxidation sites excluding steroid dienone is 2. The number of carbonyl (C=O) groups is 1. The summed E-state index contributed by atoms with van der Waals surface area (Å²) in [5.41, 5.74) is 5.57. The molecule has 1 aliphatic heterocycles. The van der Waals surface area contributed by atoms with E-state index in [4.69, 9.17) is 0 Å². The zero-order chi connectivity index (χ0) is 19.2. The number of amides is 1. The molecule has 1 amide bonds. The fourth-order valence-corrected chi connectivity index (χ4v) is 4.39. The standard InChI is InChI=1S/C24H28N2O/c1-15-8-5-6-9-17(15)22-19-11-7-10-18(19)20-14-16(12-13-21(20)25-22)23(27)26-24(2,3)4/h5-10,12-14,18-19,22,25H,11H2,1-4H3,(H,26,27). The molecule has 3 heteroatoms. The van der Waals surface area contributed by atoms with Gasteiger partial charge in [0.2, 0.25) is 0 Å². The van der Waals surface area contributed by atoms with Gasteiger partial charge in [0.05, 0.1) is 6.04 Å². The fourth-order valence-electron chi connectivity index (χ4n) is 4.39. The Labute approximate surface area is 161 Å². The molecule has 27 heavy (non-hydrogen) atoms. The van der Waals surface area contributed by atoms with Crippen LogP contribution in [0.1, 0.15) is 66.2 Å². The number of aryl methyl sites for hydroxylation is 1. The summed E-state index contributed by atoms with van der Waals surface area (Å²) in [7, 11) is 0. The van der Waals surface area contributed by atoms with Crippen molar-refractivity contribution in [2.45, 2.75) is 51.6 Å². The van der Waals surface area contributed by atoms with Crippen LogP contribution in [-0.4, -0.2) is 11.4 Å². The van der Waals surface area contributed by atoms with Crippen LogP contribution in [0.15, 0.2) is 54.6 Å². The predicted octanol–water partition coefficient (Wildman–Crippen LogP) is 5.35. The van der Waals surface area contributed by atoms with Crippen molar-refractivity contribution in [3.8, 4) is 0 Å². The van der Waals surface area contributed by atoms with Crippen molar-refractivity contribution in [1.82, 2.24) is 5.32 Å². The minimum absolute atomic E-state index is 0.00939. The van der Waals surface area contributed by atoms with Crippen molar-refractivity contribution in [2.75, 3.05) is 5.32 Å². The zero-order valence-corrected chi connectivity index (χ0v) is 16.5. The number of benzene rings is 2. The first-order chi connectivity index (χ1) is 12.8. The van der Waals surface area contributed by atoms with Crippen molar-refractivity contribution in [2.24, 2.45) is 5.92 Å². The Morgan fingerprint density at radius 3 is 2.63 bits per heavy atom. The van der Waals surface area contributed by atoms with E-state index >= 15 is 0 Å². The first-order valence-electron chi connectivity index (χ1n) is 9.79. The molecule has 2 aromatic carbocycles. The summed E-state index contributed by atoms with van der Waals surface area (Å²) < 4.78 is 0. The fraction of sp³-hybridized carbons (Fsp3) is 0.375. The molecule has 0 bridgehead atoms. The van der Waals surface area contributed by atoms with E-state index < -0.39 is 0 Å². The highest BCUT2D eigenvalue weighted by Crippen LogP contribution is 2.50. The van der Waals surface area contributed by atoms with Gasteiger partial charge in [-0.2, -0.15) is 0 Å². The molecule has 1 aliphatic carbocycles. The Bertz CT molecular complexity index is 907. The largest absolute Gasteiger partial charge is 0.378 e. The molecule has 3 nitrogen and oxygen atoms in total. The lowest BCUT2D eigenvalue weighted by Gasteiger charge is -2.38. The molecule has 0 aromatic heterocycles. The molecule has 3 atom stereocenters. The predicted molar refractivity (Wildman–Crippen MR) is 111 cm³/mol. The molecule has 0 radical (unpaired) electrons. The van der Waals surface area contributed by atoms with Gasteiger partial charge in [-0.05, 0) is 74.9 Å². The number of carbonyl (C=O) groups excluding carboxylic acids is 1. The minimum atomic E-state index is -0.239. The lowest BCUT2D eigenvalue weighted by atomic mass is 9.76. The van der Waals surface area contributed by atoms with Gasteiger partial charge >= 0.3 is 0 Å². The van der Waals surface area contributed by atoms with Gasteiger partial charge in [-0.3, -0.25) is 4.79 Å². The van der Waals surface area contributed by atoms with E-state index in [0.717, 1.165) is 17.7 Å². The Morgan fingerprint density at radius 1 is 1.11 bits per heavy atom. The van der Waals surface area contributed by atoms with E-state index in [2.05, 4.69) is 66.1 Å². The lowest BCUT2D eigenvalue weighted by molar-refractivity contribution is 0.0919. The monoisotopic (exact) mass is 360 g/mol. The Morgan fingerprint density at radius 2 is 1.89 bits per heavy atom. The summed E-state index contributed by atoms with van der Waals surface area (Å²) in [5.74, 6) is 0.831. The van der Waals surface area contributed by atoms with Crippen LogP contribution in [-0.2, 0) is 0 Å². The SMILES string of the molecule is Cc1ccccc1C1Nc2ccc(C(=O)NC(C)(C)C)cc2C2C=CCC21. The maximum Gasteiger partial charge on any atom is 0.251 e. The summed E-state index contributed by atoms with van der Waals surface area (Å²) in [4.78, 5) is 12.6. The molecular weight excluding hydrogens is 332 g/mol. The first kappa shape index (κ1) is 17.8. The second-order valence-corrected chi connectivity index (χ2v) is 8.84. The second-order valence-electron chi connectivity index (χ2n) is 8.84. The second kappa shape index (κ2) is 6.56. The number of rotatable bonds is 2. The molecule has 2 aliphatic rings. The van der Waals surface area contributed by atoms with Crippen LogP contribution in [0.5, 0.6) is 0 Å². The Kier molecular flexibility index (Phi) is 4.33. The normalized spacial score (nSPS) is 23.3. The van der Waals surface area contributed by atoms with Crippen LogP contribution >= 0.6 is 0 Å². The van der Waals surface area contributed by atoms with E-state index in [1.54, 1.807) is 0 Å². The summed E-state index contributed by atoms with van der Waals surface area (Å²) >= 11 is 0. The number of anilines is 1. The van der Waals surface area contributed by atoms with Crippen molar-refractivity contribution in [1.29, 1.82) is 0 Å². The average molecular weight is 361 g/mol. The molecule has 2 N–H and O–H groups in total. The van der Waals surface area contributed by atoms with Crippen LogP contribution in [0.2, 0.25) is 0 Å². The van der Waals surface area contributed by atoms with E-state index in [1.165, 1.54) is 16.7 Å². The molecule has 0 saturated carbocycles. The third-order valence-corrected chi connectivity index (χ3v) is 5.64. The Hall–Kier alpha value is -2.55. The highest BCUT2D eigenvalue weighted by Gasteiger charge is 2.38. The van der Waals surface area contributed by atoms with E-state index in [0.29, 0.717) is 17.9 Å². The molecule has 4 rings (SSSR count). The van der Waals surface area contributed by atoms with Crippen molar-refractivity contribution >= 4 is 11.6 Å². The van der Waals surface area contributed by atoms with Crippen LogP contribution in [0.3, 0.4) is 0 Å². The van der Waals surface area contributed by atoms with Crippen LogP contribution in [0.4, 0.5) is 5.69 Å². The molecule has 0 fully saturated rings. The summed E-state index contributed by atoms with van der Waals surface area (Å²) in [6.07, 6.45) is 5.68. The van der Waals surface area contributed by atoms with Gasteiger partial charge in [0.15, 0.2) is 0 Å². The summed E-state index contributed by atoms with van der Waals surface area (Å²) in [5, 5.41) is 6.83. The molecule has 1 heterocycles. The van der Waals surface area contributed by atoms with Crippen LogP contribution < -0.4 is 10.6 Å². The zero-order valence-electron chi connectivity index (χ0n) is 16.5. The minimum Gasteiger partial charge on any atom is -0.378 e. The van der Waals surface area contributed by atoms with Gasteiger partial charge in [-0.1, -0.05) is 36.4 Å². The topological polar surface area (TPSA) is 41.1 Å². The molecule has 140 valence electrons. The van der Waals surface area contributed by atoms with Gasteiger partial charge in [0.1, 0.15) is 0 Å². The third kappa shape index (κ3) is 3.39. The highest BCUT2D eigenvalue weighted by atomic mass is 16.1. The maximum absolute atomic E-state index is 12.6. The first-order valence-corrected chi connectivity index (χ1v) is 9.79. The highest BCUT2D eigenvalue weighted by molar-refractivity contribution is 5.95. The smallest absolute Gasteiger partial charge is 0.251 e. The van der Waals surface area contributed by atoms with Gasteiger partial charge in [0.25, 0.3) is 5.91 Å². The molecule has 0 saturated heterocycles. The Balaban J connectivity index is 1.70. The lowest BCUT2D eigenvalue weighted by Crippen LogP contribution is -2.40. The van der Waals surface area contributed by atoms with Crippen LogP contribution in [0, 0.1) is 12.8 Å². The number of hydrogen-bond acceptors (Lipinski definition) is 2. The van der Waals surface area contributed by atoms with E-state index in [-0.39, 0.29) is 11.4 Å². The van der Waals surface area contributed by atoms with Gasteiger partial charge in [0, 0.05) is 22.7 Å². The quantitative estimate of drug-likeness (QED) is 0.709. The van der Waals surface area contributed by atoms with Crippen molar-refractivity contribution in [3.05, 3.63) is 76.9 Å². The molecule has 2 aromatic rings. The number of nitrogens with one attached hydrogen (secondary N) is 2. The van der Waals surface area contributed by atoms with Crippen molar-refractivity contribution < 1.29 is 4.79 Å². The third-order valence-electron chi connectivity index (χ3n) is 5.64. The number of fused-ring (bicyclic) bond motifs is 3. The molecule has 0 spiro atoms. The van der Waals surface area contributed by atoms with Gasteiger partial charge in [-0.15, -0.1) is 0 Å². The maximum atomic E-state index is 12.6. The summed E-state index contributed by atoms with van der Waals surface area (Å²) in [6.45, 7) is 8.21. The molecule has 3 unspecified atom stereocenters. The molecular formula is C24H28N2O. The number of hydrogen-bond donors (Lipinski definition) is 2. The van der Waals surface area contributed by atoms with Gasteiger partial charge in [-0.25, -0.2) is 0 Å². The summed E-state index contributed by atoms with van der Waals surface area (Å²) in [6, 6.07) is 15.0.